The van der Waals surface area contributed by atoms with Gasteiger partial charge in [-0.05, 0) is 56.3 Å². The van der Waals surface area contributed by atoms with Gasteiger partial charge in [-0.25, -0.2) is 9.89 Å². The molecule has 0 amide bonds. The largest absolute Gasteiger partial charge is 0.485 e. The highest BCUT2D eigenvalue weighted by atomic mass is 35.5. The summed E-state index contributed by atoms with van der Waals surface area (Å²) in [6.45, 7) is 3.43. The highest BCUT2D eigenvalue weighted by Gasteiger charge is 2.46. The van der Waals surface area contributed by atoms with Crippen molar-refractivity contribution in [2.24, 2.45) is 10.7 Å². The zero-order chi connectivity index (χ0) is 20.5. The van der Waals surface area contributed by atoms with E-state index >= 15 is 0 Å². The topological polar surface area (TPSA) is 119 Å². The van der Waals surface area contributed by atoms with Gasteiger partial charge in [0, 0.05) is 10.6 Å². The Morgan fingerprint density at radius 1 is 1.25 bits per heavy atom. The lowest BCUT2D eigenvalue weighted by molar-refractivity contribution is -0.0751. The highest BCUT2D eigenvalue weighted by molar-refractivity contribution is 6.30. The molecule has 0 saturated heterocycles. The van der Waals surface area contributed by atoms with Crippen molar-refractivity contribution in [2.75, 3.05) is 0 Å². The quantitative estimate of drug-likeness (QED) is 0.349. The second kappa shape index (κ2) is 7.40. The molecule has 8 heteroatoms. The van der Waals surface area contributed by atoms with E-state index in [1.165, 1.54) is 0 Å². The smallest absolute Gasteiger partial charge is 0.210 e. The van der Waals surface area contributed by atoms with Crippen molar-refractivity contribution in [1.82, 2.24) is 4.90 Å². The molecule has 0 saturated carbocycles. The maximum absolute atomic E-state index is 10.9. The number of benzene rings is 2. The lowest BCUT2D eigenvalue weighted by atomic mass is 9.85. The van der Waals surface area contributed by atoms with Gasteiger partial charge >= 0.3 is 0 Å². The number of rotatable bonds is 2. The first-order chi connectivity index (χ1) is 13.3. The number of aliphatic hydroxyl groups excluding tert-OH is 1. The molecular formula is C20H18ClN5O2. The average Bonchev–Trinajstić information content (AvgIpc) is 2.66. The summed E-state index contributed by atoms with van der Waals surface area (Å²) in [6.07, 6.45) is 0.899. The van der Waals surface area contributed by atoms with Crippen LogP contribution in [-0.2, 0) is 0 Å². The number of hydrogen-bond donors (Lipinski definition) is 2. The number of nitriles is 2. The molecule has 1 aliphatic rings. The van der Waals surface area contributed by atoms with Crippen molar-refractivity contribution >= 4 is 23.2 Å². The Balaban J connectivity index is 2.09. The van der Waals surface area contributed by atoms with E-state index in [0.29, 0.717) is 27.6 Å². The van der Waals surface area contributed by atoms with Gasteiger partial charge in [0.25, 0.3) is 0 Å². The number of halogens is 1. The number of aliphatic hydroxyl groups is 1. The first-order valence-corrected chi connectivity index (χ1v) is 8.84. The van der Waals surface area contributed by atoms with Crippen LogP contribution in [-0.4, -0.2) is 27.7 Å². The van der Waals surface area contributed by atoms with Gasteiger partial charge in [0.15, 0.2) is 6.19 Å². The number of nitrogens with two attached hydrogens (primary N) is 1. The zero-order valence-electron chi connectivity index (χ0n) is 15.3. The molecule has 0 aliphatic carbocycles. The van der Waals surface area contributed by atoms with Crippen LogP contribution in [0.1, 0.15) is 31.0 Å². The standard InChI is InChI=1S/C20H18ClN5O2/c1-20(2)18(27)17(15-9-12(10-22)3-8-16(15)28-20)26(11-23)19(24)25-14-6-4-13(21)5-7-14/h3-9,17-18,27H,1-2H3,(H2,24,25). The van der Waals surface area contributed by atoms with Crippen LogP contribution in [0.25, 0.3) is 0 Å². The molecule has 7 nitrogen and oxygen atoms in total. The summed E-state index contributed by atoms with van der Waals surface area (Å²) in [6, 6.07) is 12.7. The third-order valence-electron chi connectivity index (χ3n) is 4.54. The van der Waals surface area contributed by atoms with Crippen LogP contribution in [0.15, 0.2) is 47.5 Å². The van der Waals surface area contributed by atoms with Crippen LogP contribution in [0.4, 0.5) is 5.69 Å². The van der Waals surface area contributed by atoms with Crippen molar-refractivity contribution < 1.29 is 9.84 Å². The molecule has 0 fully saturated rings. The van der Waals surface area contributed by atoms with Crippen molar-refractivity contribution in [3.8, 4) is 18.0 Å². The molecule has 1 aliphatic heterocycles. The SMILES string of the molecule is CC1(C)Oc2ccc(C#N)cc2C(N(C#N)C(N)=Nc2ccc(Cl)cc2)C1O. The van der Waals surface area contributed by atoms with Gasteiger partial charge in [-0.1, -0.05) is 11.6 Å². The van der Waals surface area contributed by atoms with Gasteiger partial charge in [-0.3, -0.25) is 0 Å². The molecule has 0 aromatic heterocycles. The average molecular weight is 396 g/mol. The van der Waals surface area contributed by atoms with Gasteiger partial charge in [0.2, 0.25) is 5.96 Å². The predicted molar refractivity (Wildman–Crippen MR) is 105 cm³/mol. The summed E-state index contributed by atoms with van der Waals surface area (Å²) in [4.78, 5) is 5.40. The number of fused-ring (bicyclic) bond motifs is 1. The minimum absolute atomic E-state index is 0.0973. The molecule has 2 aromatic carbocycles. The van der Waals surface area contributed by atoms with E-state index in [1.54, 1.807) is 56.3 Å². The molecule has 28 heavy (non-hydrogen) atoms. The van der Waals surface area contributed by atoms with Crippen LogP contribution >= 0.6 is 11.6 Å². The van der Waals surface area contributed by atoms with E-state index in [9.17, 15) is 15.6 Å². The van der Waals surface area contributed by atoms with Crippen molar-refractivity contribution in [1.29, 1.82) is 10.5 Å². The summed E-state index contributed by atoms with van der Waals surface area (Å²) in [5.74, 6) is 0.374. The predicted octanol–water partition coefficient (Wildman–Crippen LogP) is 3.21. The number of aliphatic imine (C=N–C) groups is 1. The summed E-state index contributed by atoms with van der Waals surface area (Å²) in [5, 5.41) is 30.5. The molecule has 2 aromatic rings. The van der Waals surface area contributed by atoms with Crippen LogP contribution in [0.2, 0.25) is 5.02 Å². The Labute approximate surface area is 167 Å². The summed E-state index contributed by atoms with van der Waals surface area (Å²) >= 11 is 5.88. The lowest BCUT2D eigenvalue weighted by Crippen LogP contribution is -2.54. The Morgan fingerprint density at radius 2 is 1.93 bits per heavy atom. The monoisotopic (exact) mass is 395 g/mol. The minimum atomic E-state index is -1.10. The van der Waals surface area contributed by atoms with E-state index < -0.39 is 17.7 Å². The van der Waals surface area contributed by atoms with Gasteiger partial charge in [-0.2, -0.15) is 10.5 Å². The summed E-state index contributed by atoms with van der Waals surface area (Å²) < 4.78 is 5.88. The van der Waals surface area contributed by atoms with Crippen molar-refractivity contribution in [3.63, 3.8) is 0 Å². The first kappa shape index (κ1) is 19.5. The van der Waals surface area contributed by atoms with Gasteiger partial charge in [0.05, 0.1) is 17.3 Å². The Kier molecular flexibility index (Phi) is 5.15. The summed E-state index contributed by atoms with van der Waals surface area (Å²) in [5.41, 5.74) is 6.50. The fraction of sp³-hybridized carbons (Fsp3) is 0.250. The third-order valence-corrected chi connectivity index (χ3v) is 4.80. The number of guanidine groups is 1. The molecule has 142 valence electrons. The number of nitrogens with zero attached hydrogens (tertiary/aromatic N) is 4. The lowest BCUT2D eigenvalue weighted by Gasteiger charge is -2.44. The second-order valence-electron chi connectivity index (χ2n) is 6.88. The third kappa shape index (κ3) is 3.59. The molecule has 3 rings (SSSR count). The number of ether oxygens (including phenoxy) is 1. The van der Waals surface area contributed by atoms with Gasteiger partial charge in [0.1, 0.15) is 23.5 Å². The van der Waals surface area contributed by atoms with Crippen LogP contribution in [0.5, 0.6) is 5.75 Å². The van der Waals surface area contributed by atoms with E-state index in [0.717, 1.165) is 4.90 Å². The molecule has 0 spiro atoms. The minimum Gasteiger partial charge on any atom is -0.485 e. The molecule has 2 atom stereocenters. The fourth-order valence-corrected chi connectivity index (χ4v) is 3.20. The Hall–Kier alpha value is -3.26. The van der Waals surface area contributed by atoms with Crippen LogP contribution in [0.3, 0.4) is 0 Å². The van der Waals surface area contributed by atoms with E-state index in [1.807, 2.05) is 6.19 Å². The zero-order valence-corrected chi connectivity index (χ0v) is 16.1. The molecule has 2 unspecified atom stereocenters. The van der Waals surface area contributed by atoms with Gasteiger partial charge < -0.3 is 15.6 Å². The fourth-order valence-electron chi connectivity index (χ4n) is 3.07. The number of hydrogen-bond acceptors (Lipinski definition) is 5. The molecule has 1 heterocycles. The highest BCUT2D eigenvalue weighted by Crippen LogP contribution is 2.43. The van der Waals surface area contributed by atoms with Crippen LogP contribution in [0, 0.1) is 22.8 Å². The van der Waals surface area contributed by atoms with Crippen molar-refractivity contribution in [2.45, 2.75) is 31.6 Å². The second-order valence-corrected chi connectivity index (χ2v) is 7.31. The Morgan fingerprint density at radius 3 is 2.54 bits per heavy atom. The maximum Gasteiger partial charge on any atom is 0.210 e. The molecule has 0 bridgehead atoms. The summed E-state index contributed by atoms with van der Waals surface area (Å²) in [7, 11) is 0. The Bertz CT molecular complexity index is 1000. The molecule has 3 N–H and O–H groups in total. The van der Waals surface area contributed by atoms with E-state index in [-0.39, 0.29) is 5.96 Å². The van der Waals surface area contributed by atoms with E-state index in [2.05, 4.69) is 11.1 Å². The normalized spacial score (nSPS) is 20.3. The van der Waals surface area contributed by atoms with Crippen LogP contribution < -0.4 is 10.5 Å². The van der Waals surface area contributed by atoms with E-state index in [4.69, 9.17) is 22.1 Å². The van der Waals surface area contributed by atoms with Gasteiger partial charge in [-0.15, -0.1) is 0 Å². The van der Waals surface area contributed by atoms with Crippen molar-refractivity contribution in [3.05, 3.63) is 58.6 Å². The maximum atomic E-state index is 10.9. The first-order valence-electron chi connectivity index (χ1n) is 8.46. The molecule has 0 radical (unpaired) electrons. The molecular weight excluding hydrogens is 378 g/mol.